The van der Waals surface area contributed by atoms with E-state index >= 15 is 0 Å². The Morgan fingerprint density at radius 2 is 2.03 bits per heavy atom. The minimum atomic E-state index is -0.559. The highest BCUT2D eigenvalue weighted by atomic mass is 35.5. The summed E-state index contributed by atoms with van der Waals surface area (Å²) < 4.78 is 6.86. The summed E-state index contributed by atoms with van der Waals surface area (Å²) >= 11 is 6.27. The first-order valence-electron chi connectivity index (χ1n) is 9.91. The van der Waals surface area contributed by atoms with Gasteiger partial charge in [0.1, 0.15) is 0 Å². The number of aliphatic hydroxyl groups excluding tert-OH is 1. The number of nitrogens with zero attached hydrogens (tertiary/aromatic N) is 3. The van der Waals surface area contributed by atoms with Gasteiger partial charge in [0, 0.05) is 48.3 Å². The zero-order valence-corrected chi connectivity index (χ0v) is 17.1. The van der Waals surface area contributed by atoms with Crippen LogP contribution in [0, 0.1) is 0 Å². The molecule has 1 fully saturated rings. The van der Waals surface area contributed by atoms with Crippen molar-refractivity contribution in [2.75, 3.05) is 25.1 Å². The van der Waals surface area contributed by atoms with Crippen molar-refractivity contribution >= 4 is 17.5 Å². The lowest BCUT2D eigenvalue weighted by Crippen LogP contribution is -2.28. The third-order valence-corrected chi connectivity index (χ3v) is 5.57. The van der Waals surface area contributed by atoms with E-state index in [2.05, 4.69) is 15.3 Å². The van der Waals surface area contributed by atoms with E-state index in [0.717, 1.165) is 26.1 Å². The topological polar surface area (TPSA) is 89.3 Å². The second-order valence-corrected chi connectivity index (χ2v) is 7.58. The highest BCUT2D eigenvalue weighted by Gasteiger charge is 2.18. The monoisotopic (exact) mass is 426 g/mol. The van der Waals surface area contributed by atoms with Crippen LogP contribution in [0.1, 0.15) is 24.4 Å². The molecule has 1 aromatic carbocycles. The van der Waals surface area contributed by atoms with Crippen molar-refractivity contribution in [1.82, 2.24) is 14.5 Å². The van der Waals surface area contributed by atoms with Gasteiger partial charge in [-0.25, -0.2) is 9.97 Å². The maximum Gasteiger partial charge on any atom is 0.251 e. The van der Waals surface area contributed by atoms with Crippen molar-refractivity contribution in [2.45, 2.75) is 24.9 Å². The number of aromatic nitrogens is 3. The lowest BCUT2D eigenvalue weighted by atomic mass is 10.1. The van der Waals surface area contributed by atoms with Crippen LogP contribution in [0.4, 0.5) is 5.95 Å². The fourth-order valence-corrected chi connectivity index (χ4v) is 3.86. The number of pyridine rings is 1. The molecule has 4 rings (SSSR count). The normalized spacial score (nSPS) is 15.7. The standard InChI is InChI=1S/C22H23ClN4O3/c23-18-4-2-1-3-17(18)20(14-28)27-10-6-15(13-21(27)29)19-5-9-24-22(26-19)25-16-7-11-30-12-8-16/h1-6,9-10,13,16,20,28H,7-8,11-12,14H2,(H,24,25,26)/t20-/m1/s1. The van der Waals surface area contributed by atoms with Gasteiger partial charge in [0.2, 0.25) is 5.95 Å². The van der Waals surface area contributed by atoms with Crippen LogP contribution in [0.15, 0.2) is 59.7 Å². The van der Waals surface area contributed by atoms with Crippen molar-refractivity contribution in [3.05, 3.63) is 75.8 Å². The number of hydrogen-bond donors (Lipinski definition) is 2. The van der Waals surface area contributed by atoms with Gasteiger partial charge in [-0.2, -0.15) is 0 Å². The average molecular weight is 427 g/mol. The molecule has 30 heavy (non-hydrogen) atoms. The van der Waals surface area contributed by atoms with Gasteiger partial charge in [0.25, 0.3) is 5.56 Å². The Bertz CT molecular complexity index is 1070. The molecule has 0 aliphatic carbocycles. The van der Waals surface area contributed by atoms with E-state index < -0.39 is 6.04 Å². The Balaban J connectivity index is 1.59. The quantitative estimate of drug-likeness (QED) is 0.629. The molecule has 0 spiro atoms. The second-order valence-electron chi connectivity index (χ2n) is 7.18. The summed E-state index contributed by atoms with van der Waals surface area (Å²) in [5, 5.41) is 13.7. The third-order valence-electron chi connectivity index (χ3n) is 5.23. The zero-order valence-electron chi connectivity index (χ0n) is 16.4. The van der Waals surface area contributed by atoms with E-state index in [1.165, 1.54) is 10.6 Å². The number of ether oxygens (including phenoxy) is 1. The Kier molecular flexibility index (Phi) is 6.42. The predicted octanol–water partition coefficient (Wildman–Crippen LogP) is 3.13. The molecule has 0 unspecified atom stereocenters. The molecule has 0 saturated carbocycles. The molecular weight excluding hydrogens is 404 g/mol. The molecule has 1 aliphatic rings. The summed E-state index contributed by atoms with van der Waals surface area (Å²) in [6.07, 6.45) is 5.16. The number of hydrogen-bond acceptors (Lipinski definition) is 6. The summed E-state index contributed by atoms with van der Waals surface area (Å²) in [4.78, 5) is 21.7. The van der Waals surface area contributed by atoms with Crippen LogP contribution < -0.4 is 10.9 Å². The fourth-order valence-electron chi connectivity index (χ4n) is 3.60. The summed E-state index contributed by atoms with van der Waals surface area (Å²) in [5.41, 5.74) is 1.79. The minimum Gasteiger partial charge on any atom is -0.394 e. The fraction of sp³-hybridized carbons (Fsp3) is 0.318. The van der Waals surface area contributed by atoms with Gasteiger partial charge in [-0.05, 0) is 36.6 Å². The molecule has 2 N–H and O–H groups in total. The van der Waals surface area contributed by atoms with Crippen LogP contribution in [-0.2, 0) is 4.74 Å². The van der Waals surface area contributed by atoms with Crippen molar-refractivity contribution in [3.8, 4) is 11.3 Å². The highest BCUT2D eigenvalue weighted by molar-refractivity contribution is 6.31. The van der Waals surface area contributed by atoms with Crippen LogP contribution in [0.3, 0.4) is 0 Å². The number of nitrogens with one attached hydrogen (secondary N) is 1. The predicted molar refractivity (Wildman–Crippen MR) is 116 cm³/mol. The van der Waals surface area contributed by atoms with Crippen molar-refractivity contribution < 1.29 is 9.84 Å². The minimum absolute atomic E-state index is 0.240. The van der Waals surface area contributed by atoms with Crippen molar-refractivity contribution in [3.63, 3.8) is 0 Å². The highest BCUT2D eigenvalue weighted by Crippen LogP contribution is 2.25. The van der Waals surface area contributed by atoms with Crippen LogP contribution >= 0.6 is 11.6 Å². The average Bonchev–Trinajstić information content (AvgIpc) is 2.77. The Morgan fingerprint density at radius 1 is 1.23 bits per heavy atom. The molecule has 3 heterocycles. The van der Waals surface area contributed by atoms with E-state index in [-0.39, 0.29) is 18.2 Å². The smallest absolute Gasteiger partial charge is 0.251 e. The number of anilines is 1. The molecule has 0 radical (unpaired) electrons. The van der Waals surface area contributed by atoms with Gasteiger partial charge in [-0.3, -0.25) is 4.79 Å². The summed E-state index contributed by atoms with van der Waals surface area (Å²) in [7, 11) is 0. The van der Waals surface area contributed by atoms with E-state index in [0.29, 0.717) is 27.8 Å². The van der Waals surface area contributed by atoms with Crippen LogP contribution in [-0.4, -0.2) is 45.5 Å². The second kappa shape index (κ2) is 9.38. The molecule has 7 nitrogen and oxygen atoms in total. The Morgan fingerprint density at radius 3 is 2.77 bits per heavy atom. The van der Waals surface area contributed by atoms with E-state index in [1.54, 1.807) is 24.5 Å². The van der Waals surface area contributed by atoms with E-state index in [1.807, 2.05) is 24.3 Å². The van der Waals surface area contributed by atoms with Crippen molar-refractivity contribution in [1.29, 1.82) is 0 Å². The van der Waals surface area contributed by atoms with Gasteiger partial charge in [0.15, 0.2) is 0 Å². The Hall–Kier alpha value is -2.74. The summed E-state index contributed by atoms with van der Waals surface area (Å²) in [6.45, 7) is 1.22. The van der Waals surface area contributed by atoms with Gasteiger partial charge in [0.05, 0.1) is 18.3 Å². The van der Waals surface area contributed by atoms with Gasteiger partial charge in [-0.15, -0.1) is 0 Å². The molecule has 156 valence electrons. The van der Waals surface area contributed by atoms with E-state index in [9.17, 15) is 9.90 Å². The molecule has 1 aliphatic heterocycles. The molecule has 1 saturated heterocycles. The van der Waals surface area contributed by atoms with Crippen LogP contribution in [0.25, 0.3) is 11.3 Å². The van der Waals surface area contributed by atoms with E-state index in [4.69, 9.17) is 16.3 Å². The number of benzene rings is 1. The summed E-state index contributed by atoms with van der Waals surface area (Å²) in [6, 6.07) is 12.0. The first-order valence-corrected chi connectivity index (χ1v) is 10.3. The maximum absolute atomic E-state index is 12.8. The van der Waals surface area contributed by atoms with Gasteiger partial charge < -0.3 is 19.7 Å². The number of aliphatic hydroxyl groups is 1. The third kappa shape index (κ3) is 4.53. The maximum atomic E-state index is 12.8. The molecule has 1 atom stereocenters. The number of halogens is 1. The molecule has 0 bridgehead atoms. The van der Waals surface area contributed by atoms with Gasteiger partial charge in [-0.1, -0.05) is 29.8 Å². The lowest BCUT2D eigenvalue weighted by Gasteiger charge is -2.23. The molecular formula is C22H23ClN4O3. The zero-order chi connectivity index (χ0) is 20.9. The first-order chi connectivity index (χ1) is 14.7. The number of rotatable bonds is 6. The van der Waals surface area contributed by atoms with Crippen molar-refractivity contribution in [2.24, 2.45) is 0 Å². The largest absolute Gasteiger partial charge is 0.394 e. The molecule has 2 aromatic heterocycles. The first kappa shape index (κ1) is 20.5. The van der Waals surface area contributed by atoms with Crippen LogP contribution in [0.2, 0.25) is 5.02 Å². The molecule has 8 heteroatoms. The molecule has 0 amide bonds. The summed E-state index contributed by atoms with van der Waals surface area (Å²) in [5.74, 6) is 0.535. The Labute approximate surface area is 179 Å². The lowest BCUT2D eigenvalue weighted by molar-refractivity contribution is 0.0903. The van der Waals surface area contributed by atoms with Crippen LogP contribution in [0.5, 0.6) is 0 Å². The molecule has 3 aromatic rings. The SMILES string of the molecule is O=c1cc(-c2ccnc(NC3CCOCC3)n2)ccn1[C@H](CO)c1ccccc1Cl. The van der Waals surface area contributed by atoms with Gasteiger partial charge >= 0.3 is 0 Å².